The highest BCUT2D eigenvalue weighted by Gasteiger charge is 2.38. The predicted molar refractivity (Wildman–Crippen MR) is 82.1 cm³/mol. The number of carbonyl (C=O) groups is 2. The van der Waals surface area contributed by atoms with Crippen LogP contribution in [0.4, 0.5) is 0 Å². The Bertz CT molecular complexity index is 429. The number of aliphatic hydroxyl groups excluding tert-OH is 1. The largest absolute Gasteiger partial charge is 0.393 e. The first-order valence-electron chi connectivity index (χ1n) is 8.62. The topological polar surface area (TPSA) is 72.9 Å². The van der Waals surface area contributed by atoms with E-state index in [1.807, 2.05) is 0 Å². The lowest BCUT2D eigenvalue weighted by Gasteiger charge is -2.38. The van der Waals surface area contributed by atoms with Crippen molar-refractivity contribution in [3.8, 4) is 0 Å². The molecule has 0 aromatic rings. The van der Waals surface area contributed by atoms with Crippen LogP contribution in [-0.4, -0.2) is 71.6 Å². The molecule has 2 aliphatic heterocycles. The van der Waals surface area contributed by atoms with Crippen molar-refractivity contribution in [2.75, 3.05) is 32.7 Å². The van der Waals surface area contributed by atoms with E-state index in [9.17, 15) is 14.7 Å². The molecule has 6 heteroatoms. The summed E-state index contributed by atoms with van der Waals surface area (Å²) in [5, 5.41) is 13.0. The molecule has 2 amide bonds. The van der Waals surface area contributed by atoms with E-state index >= 15 is 0 Å². The molecule has 6 nitrogen and oxygen atoms in total. The average molecular weight is 309 g/mol. The van der Waals surface area contributed by atoms with E-state index < -0.39 is 0 Å². The van der Waals surface area contributed by atoms with E-state index in [1.165, 1.54) is 6.42 Å². The molecule has 1 saturated carbocycles. The molecule has 3 atom stereocenters. The van der Waals surface area contributed by atoms with Gasteiger partial charge in [0.05, 0.1) is 19.2 Å². The van der Waals surface area contributed by atoms with Gasteiger partial charge in [-0.25, -0.2) is 0 Å². The summed E-state index contributed by atoms with van der Waals surface area (Å²) in [5.74, 6) is 0.293. The number of hydrogen-bond donors (Lipinski definition) is 2. The van der Waals surface area contributed by atoms with E-state index in [-0.39, 0.29) is 24.5 Å². The zero-order chi connectivity index (χ0) is 15.5. The van der Waals surface area contributed by atoms with Gasteiger partial charge >= 0.3 is 0 Å². The van der Waals surface area contributed by atoms with Gasteiger partial charge in [-0.05, 0) is 32.2 Å². The molecule has 1 aliphatic carbocycles. The zero-order valence-corrected chi connectivity index (χ0v) is 13.2. The molecule has 0 unspecified atom stereocenters. The van der Waals surface area contributed by atoms with Crippen LogP contribution in [0.2, 0.25) is 0 Å². The first-order valence-corrected chi connectivity index (χ1v) is 8.62. The molecule has 3 rings (SSSR count). The van der Waals surface area contributed by atoms with Crippen molar-refractivity contribution in [3.63, 3.8) is 0 Å². The van der Waals surface area contributed by atoms with Gasteiger partial charge in [0.15, 0.2) is 0 Å². The van der Waals surface area contributed by atoms with Crippen LogP contribution in [0.25, 0.3) is 0 Å². The van der Waals surface area contributed by atoms with Crippen molar-refractivity contribution in [2.24, 2.45) is 5.92 Å². The molecule has 0 radical (unpaired) electrons. The SMILES string of the molecule is O=C1CN(C(=O)CN2CCC[C@@H]2[C@H]2CCCC[C@H]2O)CCN1. The number of aliphatic hydroxyl groups is 1. The van der Waals surface area contributed by atoms with Crippen LogP contribution in [0.5, 0.6) is 0 Å². The van der Waals surface area contributed by atoms with Gasteiger partial charge in [0.25, 0.3) is 0 Å². The van der Waals surface area contributed by atoms with Crippen LogP contribution in [0.1, 0.15) is 38.5 Å². The molecule has 124 valence electrons. The maximum absolute atomic E-state index is 12.5. The van der Waals surface area contributed by atoms with Crippen molar-refractivity contribution in [2.45, 2.75) is 50.7 Å². The first-order chi connectivity index (χ1) is 10.6. The average Bonchev–Trinajstić information content (AvgIpc) is 2.95. The Morgan fingerprint density at radius 2 is 2.00 bits per heavy atom. The van der Waals surface area contributed by atoms with Gasteiger partial charge in [0, 0.05) is 25.0 Å². The minimum atomic E-state index is -0.213. The van der Waals surface area contributed by atoms with Crippen LogP contribution >= 0.6 is 0 Å². The highest BCUT2D eigenvalue weighted by atomic mass is 16.3. The molecule has 0 aromatic carbocycles. The van der Waals surface area contributed by atoms with Gasteiger partial charge < -0.3 is 15.3 Å². The summed E-state index contributed by atoms with van der Waals surface area (Å²) in [6.45, 7) is 2.66. The number of amides is 2. The van der Waals surface area contributed by atoms with Crippen LogP contribution in [0.15, 0.2) is 0 Å². The van der Waals surface area contributed by atoms with Gasteiger partial charge in [0.1, 0.15) is 0 Å². The third kappa shape index (κ3) is 3.43. The van der Waals surface area contributed by atoms with Crippen molar-refractivity contribution < 1.29 is 14.7 Å². The van der Waals surface area contributed by atoms with Crippen molar-refractivity contribution >= 4 is 11.8 Å². The lowest BCUT2D eigenvalue weighted by Crippen LogP contribution is -2.53. The molecule has 2 heterocycles. The molecule has 22 heavy (non-hydrogen) atoms. The summed E-state index contributed by atoms with van der Waals surface area (Å²) >= 11 is 0. The molecule has 0 spiro atoms. The minimum Gasteiger partial charge on any atom is -0.393 e. The number of carbonyl (C=O) groups excluding carboxylic acids is 2. The second-order valence-corrected chi connectivity index (χ2v) is 6.86. The number of piperazine rings is 1. The minimum absolute atomic E-state index is 0.0482. The van der Waals surface area contributed by atoms with Gasteiger partial charge in [0.2, 0.25) is 11.8 Å². The normalized spacial score (nSPS) is 33.8. The van der Waals surface area contributed by atoms with E-state index in [2.05, 4.69) is 10.2 Å². The van der Waals surface area contributed by atoms with E-state index in [0.717, 1.165) is 38.6 Å². The lowest BCUT2D eigenvalue weighted by molar-refractivity contribution is -0.139. The van der Waals surface area contributed by atoms with Crippen LogP contribution < -0.4 is 5.32 Å². The summed E-state index contributed by atoms with van der Waals surface area (Å²) in [5.41, 5.74) is 0. The van der Waals surface area contributed by atoms with E-state index in [4.69, 9.17) is 0 Å². The smallest absolute Gasteiger partial charge is 0.239 e. The van der Waals surface area contributed by atoms with Gasteiger partial charge in [-0.1, -0.05) is 12.8 Å². The highest BCUT2D eigenvalue weighted by Crippen LogP contribution is 2.34. The molecular formula is C16H27N3O3. The van der Waals surface area contributed by atoms with E-state index in [0.29, 0.717) is 31.6 Å². The molecule has 0 bridgehead atoms. The molecule has 2 N–H and O–H groups in total. The Hall–Kier alpha value is -1.14. The fourth-order valence-electron chi connectivity index (χ4n) is 4.25. The summed E-state index contributed by atoms with van der Waals surface area (Å²) < 4.78 is 0. The molecule has 0 aromatic heterocycles. The zero-order valence-electron chi connectivity index (χ0n) is 13.2. The van der Waals surface area contributed by atoms with Crippen LogP contribution in [0.3, 0.4) is 0 Å². The lowest BCUT2D eigenvalue weighted by atomic mass is 9.80. The number of nitrogens with one attached hydrogen (secondary N) is 1. The molecular weight excluding hydrogens is 282 g/mol. The van der Waals surface area contributed by atoms with Crippen molar-refractivity contribution in [1.82, 2.24) is 15.1 Å². The highest BCUT2D eigenvalue weighted by molar-refractivity contribution is 5.86. The first kappa shape index (κ1) is 15.7. The Kier molecular flexibility index (Phi) is 4.98. The third-order valence-electron chi connectivity index (χ3n) is 5.42. The summed E-state index contributed by atoms with van der Waals surface area (Å²) in [7, 11) is 0. The quantitative estimate of drug-likeness (QED) is 0.767. The second kappa shape index (κ2) is 6.96. The summed E-state index contributed by atoms with van der Waals surface area (Å²) in [6, 6.07) is 0.331. The number of nitrogens with zero attached hydrogens (tertiary/aromatic N) is 2. The van der Waals surface area contributed by atoms with Gasteiger partial charge in [-0.15, -0.1) is 0 Å². The predicted octanol–water partition coefficient (Wildman–Crippen LogP) is -0.0397. The molecule has 3 aliphatic rings. The maximum Gasteiger partial charge on any atom is 0.239 e. The Balaban J connectivity index is 1.58. The monoisotopic (exact) mass is 309 g/mol. The summed E-state index contributed by atoms with van der Waals surface area (Å²) in [6.07, 6.45) is 6.24. The van der Waals surface area contributed by atoms with E-state index in [1.54, 1.807) is 4.90 Å². The standard InChI is InChI=1S/C16H27N3O3/c20-14-6-2-1-4-12(14)13-5-3-8-18(13)11-16(22)19-9-7-17-15(21)10-19/h12-14,20H,1-11H2,(H,17,21)/t12-,13-,14-/m1/s1. The second-order valence-electron chi connectivity index (χ2n) is 6.86. The third-order valence-corrected chi connectivity index (χ3v) is 5.42. The van der Waals surface area contributed by atoms with Crippen molar-refractivity contribution in [3.05, 3.63) is 0 Å². The fraction of sp³-hybridized carbons (Fsp3) is 0.875. The molecule has 2 saturated heterocycles. The van der Waals surface area contributed by atoms with Gasteiger partial charge in [-0.3, -0.25) is 14.5 Å². The van der Waals surface area contributed by atoms with Crippen LogP contribution in [0, 0.1) is 5.92 Å². The number of hydrogen-bond acceptors (Lipinski definition) is 4. The Labute approximate surface area is 131 Å². The fourth-order valence-corrected chi connectivity index (χ4v) is 4.25. The Morgan fingerprint density at radius 3 is 2.77 bits per heavy atom. The Morgan fingerprint density at radius 1 is 1.18 bits per heavy atom. The summed E-state index contributed by atoms with van der Waals surface area (Å²) in [4.78, 5) is 27.8. The molecule has 3 fully saturated rings. The van der Waals surface area contributed by atoms with Crippen molar-refractivity contribution in [1.29, 1.82) is 0 Å². The van der Waals surface area contributed by atoms with Crippen LogP contribution in [-0.2, 0) is 9.59 Å². The maximum atomic E-state index is 12.5. The number of likely N-dealkylation sites (tertiary alicyclic amines) is 1. The number of rotatable bonds is 3. The van der Waals surface area contributed by atoms with Gasteiger partial charge in [-0.2, -0.15) is 0 Å².